The molecule has 0 unspecified atom stereocenters. The van der Waals surface area contributed by atoms with E-state index in [0.717, 1.165) is 35.8 Å². The topological polar surface area (TPSA) is 53.4 Å². The molecule has 0 bridgehead atoms. The summed E-state index contributed by atoms with van der Waals surface area (Å²) in [4.78, 5) is 18.0. The molecule has 160 valence electrons. The Bertz CT molecular complexity index is 1310. The maximum absolute atomic E-state index is 14.0. The number of halogens is 3. The summed E-state index contributed by atoms with van der Waals surface area (Å²) in [5.74, 6) is 0. The summed E-state index contributed by atoms with van der Waals surface area (Å²) in [7, 11) is 0. The zero-order chi connectivity index (χ0) is 21.6. The first kappa shape index (κ1) is 19.8. The van der Waals surface area contributed by atoms with Gasteiger partial charge in [-0.1, -0.05) is 48.9 Å². The largest absolute Gasteiger partial charge is 0.435 e. The average Bonchev–Trinajstić information content (AvgIpc) is 3.14. The van der Waals surface area contributed by atoms with E-state index >= 15 is 0 Å². The minimum Gasteiger partial charge on any atom is -0.342 e. The van der Waals surface area contributed by atoms with Crippen molar-refractivity contribution in [2.45, 2.75) is 32.0 Å². The van der Waals surface area contributed by atoms with E-state index in [1.807, 2.05) is 18.2 Å². The highest BCUT2D eigenvalue weighted by Gasteiger charge is 2.39. The Labute approximate surface area is 176 Å². The second kappa shape index (κ2) is 7.53. The molecular formula is C23H21F3N4O. The van der Waals surface area contributed by atoms with Crippen LogP contribution in [0.1, 0.15) is 30.7 Å². The van der Waals surface area contributed by atoms with Crippen LogP contribution in [0.3, 0.4) is 0 Å². The van der Waals surface area contributed by atoms with Crippen LogP contribution in [-0.2, 0) is 12.7 Å². The lowest BCUT2D eigenvalue weighted by atomic mass is 9.98. The molecule has 5 rings (SSSR count). The van der Waals surface area contributed by atoms with Crippen molar-refractivity contribution in [3.8, 4) is 11.1 Å². The van der Waals surface area contributed by atoms with Gasteiger partial charge in [0, 0.05) is 18.3 Å². The summed E-state index contributed by atoms with van der Waals surface area (Å²) in [6.07, 6.45) is -1.36. The molecule has 1 aliphatic heterocycles. The van der Waals surface area contributed by atoms with Crippen LogP contribution in [0.4, 0.5) is 13.2 Å². The molecule has 0 atom stereocenters. The van der Waals surface area contributed by atoms with Crippen LogP contribution in [0.2, 0.25) is 0 Å². The summed E-state index contributed by atoms with van der Waals surface area (Å²) in [6.45, 7) is 2.32. The number of piperidine rings is 1. The van der Waals surface area contributed by atoms with Crippen molar-refractivity contribution in [2.75, 3.05) is 13.1 Å². The minimum absolute atomic E-state index is 0.0724. The van der Waals surface area contributed by atoms with Crippen LogP contribution >= 0.6 is 0 Å². The second-order valence-corrected chi connectivity index (χ2v) is 7.98. The Morgan fingerprint density at radius 3 is 2.52 bits per heavy atom. The van der Waals surface area contributed by atoms with Crippen molar-refractivity contribution < 1.29 is 13.2 Å². The smallest absolute Gasteiger partial charge is 0.342 e. The number of nitrogens with zero attached hydrogens (tertiary/aromatic N) is 3. The number of hydrogen-bond acceptors (Lipinski definition) is 3. The van der Waals surface area contributed by atoms with E-state index in [1.54, 1.807) is 24.3 Å². The first-order valence-corrected chi connectivity index (χ1v) is 10.3. The van der Waals surface area contributed by atoms with Crippen LogP contribution in [0.15, 0.2) is 53.3 Å². The standard InChI is InChI=1S/C23H21F3N4O/c24-23(25,26)21-20(18-10-6-8-15-7-2-3-9-17(15)18)22-27-16(13-19(31)30(22)28-21)14-29-11-4-1-5-12-29/h2-3,6-10,13,27H,1,4-5,11-12,14H2. The number of rotatable bonds is 3. The normalized spacial score (nSPS) is 15.7. The van der Waals surface area contributed by atoms with Gasteiger partial charge < -0.3 is 4.98 Å². The Kier molecular flexibility index (Phi) is 4.81. The zero-order valence-corrected chi connectivity index (χ0v) is 16.7. The maximum Gasteiger partial charge on any atom is 0.435 e. The third-order valence-corrected chi connectivity index (χ3v) is 5.84. The number of alkyl halides is 3. The van der Waals surface area contributed by atoms with Gasteiger partial charge in [-0.05, 0) is 42.3 Å². The number of benzene rings is 2. The Morgan fingerprint density at radius 1 is 1.00 bits per heavy atom. The van der Waals surface area contributed by atoms with Crippen LogP contribution < -0.4 is 5.56 Å². The lowest BCUT2D eigenvalue weighted by Gasteiger charge is -2.26. The number of aromatic nitrogens is 3. The van der Waals surface area contributed by atoms with Crippen molar-refractivity contribution in [3.63, 3.8) is 0 Å². The molecule has 0 radical (unpaired) electrons. The van der Waals surface area contributed by atoms with Gasteiger partial charge in [0.15, 0.2) is 5.69 Å². The zero-order valence-electron chi connectivity index (χ0n) is 16.7. The van der Waals surface area contributed by atoms with Gasteiger partial charge in [-0.3, -0.25) is 9.69 Å². The van der Waals surface area contributed by atoms with E-state index in [4.69, 9.17) is 0 Å². The molecule has 2 aromatic heterocycles. The monoisotopic (exact) mass is 426 g/mol. The molecule has 0 spiro atoms. The van der Waals surface area contributed by atoms with E-state index in [-0.39, 0.29) is 11.2 Å². The molecule has 0 saturated carbocycles. The van der Waals surface area contributed by atoms with Crippen molar-refractivity contribution in [2.24, 2.45) is 0 Å². The molecule has 2 aromatic carbocycles. The van der Waals surface area contributed by atoms with Gasteiger partial charge in [0.25, 0.3) is 5.56 Å². The molecule has 8 heteroatoms. The summed E-state index contributed by atoms with van der Waals surface area (Å²) < 4.78 is 42.8. The molecule has 1 fully saturated rings. The minimum atomic E-state index is -4.70. The van der Waals surface area contributed by atoms with Crippen LogP contribution in [0, 0.1) is 0 Å². The van der Waals surface area contributed by atoms with Crippen LogP contribution in [0.5, 0.6) is 0 Å². The van der Waals surface area contributed by atoms with Gasteiger partial charge in [-0.15, -0.1) is 0 Å². The van der Waals surface area contributed by atoms with E-state index in [1.165, 1.54) is 12.5 Å². The number of nitrogens with one attached hydrogen (secondary N) is 1. The summed E-state index contributed by atoms with van der Waals surface area (Å²) in [5.41, 5.74) is -0.670. The van der Waals surface area contributed by atoms with Gasteiger partial charge in [0.1, 0.15) is 5.65 Å². The third kappa shape index (κ3) is 3.61. The second-order valence-electron chi connectivity index (χ2n) is 7.98. The van der Waals surface area contributed by atoms with Gasteiger partial charge in [-0.2, -0.15) is 22.8 Å². The van der Waals surface area contributed by atoms with Crippen LogP contribution in [0.25, 0.3) is 27.5 Å². The lowest BCUT2D eigenvalue weighted by molar-refractivity contribution is -0.140. The van der Waals surface area contributed by atoms with Crippen molar-refractivity contribution in [1.82, 2.24) is 19.5 Å². The van der Waals surface area contributed by atoms with Crippen LogP contribution in [-0.4, -0.2) is 32.6 Å². The van der Waals surface area contributed by atoms with E-state index in [0.29, 0.717) is 23.2 Å². The lowest BCUT2D eigenvalue weighted by Crippen LogP contribution is -2.30. The molecule has 5 nitrogen and oxygen atoms in total. The fourth-order valence-electron chi connectivity index (χ4n) is 4.43. The van der Waals surface area contributed by atoms with Gasteiger partial charge in [0.2, 0.25) is 0 Å². The highest BCUT2D eigenvalue weighted by Crippen LogP contribution is 2.40. The number of hydrogen-bond donors (Lipinski definition) is 1. The predicted octanol–water partition coefficient (Wildman–Crippen LogP) is 4.85. The highest BCUT2D eigenvalue weighted by molar-refractivity contribution is 6.00. The quantitative estimate of drug-likeness (QED) is 0.510. The molecule has 3 heterocycles. The Morgan fingerprint density at radius 2 is 1.74 bits per heavy atom. The number of H-pyrrole nitrogens is 1. The number of likely N-dealkylation sites (tertiary alicyclic amines) is 1. The Balaban J connectivity index is 1.76. The van der Waals surface area contributed by atoms with Crippen molar-refractivity contribution in [1.29, 1.82) is 0 Å². The SMILES string of the molecule is O=c1cc(CN2CCCCC2)[nH]c2c(-c3cccc4ccccc34)c(C(F)(F)F)nn12. The molecule has 0 aliphatic carbocycles. The number of fused-ring (bicyclic) bond motifs is 2. The average molecular weight is 426 g/mol. The van der Waals surface area contributed by atoms with E-state index in [9.17, 15) is 18.0 Å². The summed E-state index contributed by atoms with van der Waals surface area (Å²) >= 11 is 0. The first-order valence-electron chi connectivity index (χ1n) is 10.3. The van der Waals surface area contributed by atoms with Gasteiger partial charge in [0.05, 0.1) is 5.56 Å². The molecule has 1 aliphatic rings. The van der Waals surface area contributed by atoms with E-state index in [2.05, 4.69) is 15.0 Å². The Hall–Kier alpha value is -3.13. The highest BCUT2D eigenvalue weighted by atomic mass is 19.4. The van der Waals surface area contributed by atoms with Crippen molar-refractivity contribution >= 4 is 16.4 Å². The van der Waals surface area contributed by atoms with Gasteiger partial charge in [-0.25, -0.2) is 0 Å². The fourth-order valence-corrected chi connectivity index (χ4v) is 4.43. The van der Waals surface area contributed by atoms with Crippen molar-refractivity contribution in [3.05, 3.63) is 70.3 Å². The summed E-state index contributed by atoms with van der Waals surface area (Å²) in [6, 6.07) is 13.8. The third-order valence-electron chi connectivity index (χ3n) is 5.84. The number of aromatic amines is 1. The van der Waals surface area contributed by atoms with E-state index < -0.39 is 17.4 Å². The molecule has 0 amide bonds. The molecule has 1 N–H and O–H groups in total. The fraction of sp³-hybridized carbons (Fsp3) is 0.304. The summed E-state index contributed by atoms with van der Waals surface area (Å²) in [5, 5.41) is 5.18. The van der Waals surface area contributed by atoms with Gasteiger partial charge >= 0.3 is 6.18 Å². The molecule has 1 saturated heterocycles. The maximum atomic E-state index is 14.0. The molecular weight excluding hydrogens is 405 g/mol. The molecule has 4 aromatic rings. The predicted molar refractivity (Wildman–Crippen MR) is 113 cm³/mol. The molecule has 31 heavy (non-hydrogen) atoms. The first-order chi connectivity index (χ1) is 14.9.